The van der Waals surface area contributed by atoms with Gasteiger partial charge in [-0.25, -0.2) is 14.2 Å². The molecule has 5 N–H and O–H groups in total. The Morgan fingerprint density at radius 2 is 2.22 bits per heavy atom. The van der Waals surface area contributed by atoms with E-state index in [-0.39, 0.29) is 5.41 Å². The molecule has 0 radical (unpaired) electrons. The Kier molecular flexibility index (Phi) is 3.49. The first kappa shape index (κ1) is 13.2. The lowest BCUT2D eigenvalue weighted by Gasteiger charge is -2.19. The molecule has 1 aromatic rings. The molecule has 1 fully saturated rings. The Balaban J connectivity index is 2.20. The number of benzene rings is 1. The minimum Gasteiger partial charge on any atom is -0.358 e. The van der Waals surface area contributed by atoms with Gasteiger partial charge < -0.3 is 5.32 Å². The topological polar surface area (TPSA) is 51.7 Å². The van der Waals surface area contributed by atoms with Gasteiger partial charge in [0.15, 0.2) is 0 Å². The third-order valence-corrected chi connectivity index (χ3v) is 3.93. The van der Waals surface area contributed by atoms with Crippen LogP contribution in [-0.4, -0.2) is 11.7 Å². The zero-order chi connectivity index (χ0) is 13.3. The second-order valence-corrected chi connectivity index (χ2v) is 5.15. The fraction of sp³-hybridized carbons (Fsp3) is 0.417. The summed E-state index contributed by atoms with van der Waals surface area (Å²) in [6, 6.07) is 3.75. The van der Waals surface area contributed by atoms with Gasteiger partial charge in [0, 0.05) is 18.0 Å². The lowest BCUT2D eigenvalue weighted by Crippen LogP contribution is -2.69. The highest BCUT2D eigenvalue weighted by molar-refractivity contribution is 7.80. The molecule has 1 aliphatic carbocycles. The summed E-state index contributed by atoms with van der Waals surface area (Å²) in [5, 5.41) is 3.43. The summed E-state index contributed by atoms with van der Waals surface area (Å²) in [6.45, 7) is 2.57. The lowest BCUT2D eigenvalue weighted by atomic mass is 9.93. The highest BCUT2D eigenvalue weighted by Crippen LogP contribution is 2.54. The van der Waals surface area contributed by atoms with E-state index in [0.717, 1.165) is 12.5 Å². The summed E-state index contributed by atoms with van der Waals surface area (Å²) < 4.78 is 26.8. The molecule has 1 aromatic carbocycles. The van der Waals surface area contributed by atoms with E-state index in [1.165, 1.54) is 12.1 Å². The van der Waals surface area contributed by atoms with Crippen molar-refractivity contribution in [1.29, 1.82) is 0 Å². The smallest absolute Gasteiger partial charge is 0.213 e. The van der Waals surface area contributed by atoms with Gasteiger partial charge in [0.05, 0.1) is 0 Å². The van der Waals surface area contributed by atoms with Crippen molar-refractivity contribution >= 4 is 17.3 Å². The maximum absolute atomic E-state index is 13.8. The molecule has 2 atom stereocenters. The van der Waals surface area contributed by atoms with Crippen molar-refractivity contribution in [2.45, 2.75) is 18.8 Å². The lowest BCUT2D eigenvalue weighted by molar-refractivity contribution is -0.419. The van der Waals surface area contributed by atoms with E-state index in [2.05, 4.69) is 16.6 Å². The van der Waals surface area contributed by atoms with Crippen molar-refractivity contribution in [3.05, 3.63) is 35.4 Å². The van der Waals surface area contributed by atoms with Crippen molar-refractivity contribution in [3.8, 4) is 0 Å². The zero-order valence-corrected chi connectivity index (χ0v) is 10.9. The van der Waals surface area contributed by atoms with Gasteiger partial charge in [-0.15, -0.1) is 0 Å². The van der Waals surface area contributed by atoms with Gasteiger partial charge in [-0.2, -0.15) is 0 Å². The van der Waals surface area contributed by atoms with Crippen molar-refractivity contribution in [3.63, 3.8) is 0 Å². The normalized spacial score (nSPS) is 25.7. The van der Waals surface area contributed by atoms with Gasteiger partial charge in [-0.1, -0.05) is 13.0 Å². The quantitative estimate of drug-likeness (QED) is 0.565. The first-order valence-corrected chi connectivity index (χ1v) is 6.17. The van der Waals surface area contributed by atoms with Crippen LogP contribution in [0.5, 0.6) is 0 Å². The molecule has 1 saturated carbocycles. The zero-order valence-electron chi connectivity index (χ0n) is 10.1. The van der Waals surface area contributed by atoms with Crippen molar-refractivity contribution in [2.75, 3.05) is 6.54 Å². The van der Waals surface area contributed by atoms with Crippen LogP contribution in [0.15, 0.2) is 18.2 Å². The molecule has 0 spiro atoms. The Bertz CT molecular complexity index is 480. The van der Waals surface area contributed by atoms with Crippen molar-refractivity contribution < 1.29 is 14.6 Å². The van der Waals surface area contributed by atoms with Crippen molar-refractivity contribution in [1.82, 2.24) is 10.7 Å². The number of quaternary nitrogens is 1. The minimum absolute atomic E-state index is 0.293. The van der Waals surface area contributed by atoms with Crippen LogP contribution < -0.4 is 16.6 Å². The molecule has 0 aromatic heterocycles. The van der Waals surface area contributed by atoms with Crippen LogP contribution in [0.25, 0.3) is 0 Å². The Hall–Kier alpha value is -1.27. The number of rotatable bonds is 3. The fourth-order valence-electron chi connectivity index (χ4n) is 2.40. The minimum atomic E-state index is -0.553. The van der Waals surface area contributed by atoms with Gasteiger partial charge >= 0.3 is 0 Å². The van der Waals surface area contributed by atoms with Crippen LogP contribution in [0.4, 0.5) is 8.78 Å². The molecule has 2 rings (SSSR count). The Labute approximate surface area is 110 Å². The average Bonchev–Trinajstić information content (AvgIpc) is 2.98. The predicted octanol–water partition coefficient (Wildman–Crippen LogP) is 0.863. The molecule has 3 nitrogen and oxygen atoms in total. The van der Waals surface area contributed by atoms with Crippen LogP contribution in [0.1, 0.15) is 18.9 Å². The first-order valence-electron chi connectivity index (χ1n) is 5.76. The van der Waals surface area contributed by atoms with Gasteiger partial charge in [-0.3, -0.25) is 5.84 Å². The Morgan fingerprint density at radius 1 is 1.56 bits per heavy atom. The van der Waals surface area contributed by atoms with Gasteiger partial charge in [0.1, 0.15) is 11.6 Å². The number of halogens is 2. The van der Waals surface area contributed by atoms with E-state index in [9.17, 15) is 8.78 Å². The second-order valence-electron chi connectivity index (χ2n) is 4.74. The SMILES string of the molecule is CC1CC1(CNC(=S)N[NH3+])c1ccc(F)cc1F. The van der Waals surface area contributed by atoms with E-state index in [1.807, 2.05) is 6.92 Å². The molecular formula is C12H16F2N3S+. The molecule has 0 saturated heterocycles. The van der Waals surface area contributed by atoms with E-state index in [1.54, 1.807) is 0 Å². The maximum atomic E-state index is 13.8. The van der Waals surface area contributed by atoms with Crippen LogP contribution in [0.3, 0.4) is 0 Å². The molecule has 18 heavy (non-hydrogen) atoms. The molecule has 0 bridgehead atoms. The summed E-state index contributed by atoms with van der Waals surface area (Å²) in [5.41, 5.74) is 2.83. The number of thiocarbonyl (C=S) groups is 1. The molecule has 0 amide bonds. The number of nitrogens with one attached hydrogen (secondary N) is 2. The third kappa shape index (κ3) is 2.30. The third-order valence-electron chi connectivity index (χ3n) is 3.65. The number of hydrogen-bond acceptors (Lipinski definition) is 1. The monoisotopic (exact) mass is 272 g/mol. The van der Waals surface area contributed by atoms with Crippen LogP contribution in [-0.2, 0) is 5.41 Å². The molecular weight excluding hydrogens is 256 g/mol. The summed E-state index contributed by atoms with van der Waals surface area (Å²) in [6.07, 6.45) is 0.863. The van der Waals surface area contributed by atoms with Crippen LogP contribution in [0.2, 0.25) is 0 Å². The second kappa shape index (κ2) is 4.78. The Morgan fingerprint density at radius 3 is 2.72 bits per heavy atom. The first-order chi connectivity index (χ1) is 8.49. The van der Waals surface area contributed by atoms with Crippen LogP contribution in [0, 0.1) is 17.6 Å². The highest BCUT2D eigenvalue weighted by atomic mass is 32.1. The average molecular weight is 272 g/mol. The van der Waals surface area contributed by atoms with E-state index in [4.69, 9.17) is 12.2 Å². The number of hydrogen-bond donors (Lipinski definition) is 3. The summed E-state index contributed by atoms with van der Waals surface area (Å²) in [7, 11) is 0. The van der Waals surface area contributed by atoms with E-state index < -0.39 is 11.6 Å². The largest absolute Gasteiger partial charge is 0.358 e. The molecule has 2 unspecified atom stereocenters. The molecule has 98 valence electrons. The summed E-state index contributed by atoms with van der Waals surface area (Å²) in [5.74, 6) is 2.75. The fourth-order valence-corrected chi connectivity index (χ4v) is 2.47. The highest BCUT2D eigenvalue weighted by Gasteiger charge is 2.53. The molecule has 0 heterocycles. The van der Waals surface area contributed by atoms with Gasteiger partial charge in [0.25, 0.3) is 0 Å². The molecule has 6 heteroatoms. The van der Waals surface area contributed by atoms with Gasteiger partial charge in [0.2, 0.25) is 5.11 Å². The maximum Gasteiger partial charge on any atom is 0.213 e. The van der Waals surface area contributed by atoms with E-state index >= 15 is 0 Å². The van der Waals surface area contributed by atoms with Crippen LogP contribution >= 0.6 is 12.2 Å². The van der Waals surface area contributed by atoms with Gasteiger partial charge in [-0.05, 0) is 36.2 Å². The van der Waals surface area contributed by atoms with Crippen molar-refractivity contribution in [2.24, 2.45) is 5.92 Å². The predicted molar refractivity (Wildman–Crippen MR) is 68.4 cm³/mol. The van der Waals surface area contributed by atoms with E-state index in [0.29, 0.717) is 23.1 Å². The summed E-state index contributed by atoms with van der Waals surface area (Å²) in [4.78, 5) is 0. The molecule has 0 aliphatic heterocycles. The standard InChI is InChI=1S/C12H15F2N3S/c1-7-5-12(7,6-16-11(18)17-15)9-3-2-8(13)4-10(9)14/h2-4,7H,5-6,15H2,1H3,(H2,16,17,18)/p+1. The molecule has 1 aliphatic rings. The summed E-state index contributed by atoms with van der Waals surface area (Å²) >= 11 is 4.95.